The zero-order chi connectivity index (χ0) is 19.2. The number of nitrogens with two attached hydrogens (primary N) is 1. The molecule has 1 atom stereocenters. The molecule has 1 amide bonds. The van der Waals surface area contributed by atoms with E-state index in [9.17, 15) is 9.90 Å². The number of likely N-dealkylation sites (tertiary alicyclic amines) is 1. The van der Waals surface area contributed by atoms with Crippen LogP contribution in [0.25, 0.3) is 10.1 Å². The zero-order valence-electron chi connectivity index (χ0n) is 15.4. The van der Waals surface area contributed by atoms with Crippen LogP contribution in [0.2, 0.25) is 0 Å². The first-order chi connectivity index (χ1) is 13.1. The van der Waals surface area contributed by atoms with E-state index in [-0.39, 0.29) is 18.7 Å². The second kappa shape index (κ2) is 9.05. The number of nitrogens with one attached hydrogen (secondary N) is 1. The summed E-state index contributed by atoms with van der Waals surface area (Å²) in [6.07, 6.45) is 0.638. The summed E-state index contributed by atoms with van der Waals surface area (Å²) in [5, 5.41) is 14.7. The number of aliphatic imine (C=N–C) groups is 1. The maximum Gasteiger partial charge on any atom is 0.409 e. The Kier molecular flexibility index (Phi) is 6.52. The molecule has 1 aromatic carbocycles. The van der Waals surface area contributed by atoms with Crippen LogP contribution in [-0.2, 0) is 4.74 Å². The van der Waals surface area contributed by atoms with Crippen molar-refractivity contribution in [2.45, 2.75) is 31.9 Å². The predicted octanol–water partition coefficient (Wildman–Crippen LogP) is 2.46. The number of nitrogens with zero attached hydrogens (tertiary/aromatic N) is 2. The molecule has 2 aromatic rings. The number of ether oxygens (including phenoxy) is 1. The highest BCUT2D eigenvalue weighted by atomic mass is 32.1. The summed E-state index contributed by atoms with van der Waals surface area (Å²) >= 11 is 1.57. The molecule has 27 heavy (non-hydrogen) atoms. The van der Waals surface area contributed by atoms with Gasteiger partial charge in [0.25, 0.3) is 0 Å². The van der Waals surface area contributed by atoms with Crippen molar-refractivity contribution in [3.63, 3.8) is 0 Å². The van der Waals surface area contributed by atoms with Gasteiger partial charge in [-0.05, 0) is 37.3 Å². The molecule has 1 saturated heterocycles. The van der Waals surface area contributed by atoms with Crippen LogP contribution >= 0.6 is 11.3 Å². The third-order valence-electron chi connectivity index (χ3n) is 4.58. The Bertz CT molecular complexity index is 766. The fraction of sp³-hybridized carbons (Fsp3) is 0.474. The maximum absolute atomic E-state index is 11.7. The summed E-state index contributed by atoms with van der Waals surface area (Å²) < 4.78 is 6.17. The number of benzene rings is 1. The van der Waals surface area contributed by atoms with Gasteiger partial charge in [-0.25, -0.2) is 4.79 Å². The molecule has 1 aliphatic rings. The summed E-state index contributed by atoms with van der Waals surface area (Å²) in [5.74, 6) is 0.324. The van der Waals surface area contributed by atoms with Gasteiger partial charge >= 0.3 is 6.09 Å². The van der Waals surface area contributed by atoms with Gasteiger partial charge in [0.2, 0.25) is 0 Å². The summed E-state index contributed by atoms with van der Waals surface area (Å²) in [6, 6.07) is 10.2. The first kappa shape index (κ1) is 19.4. The molecule has 1 unspecified atom stereocenters. The van der Waals surface area contributed by atoms with Gasteiger partial charge in [-0.2, -0.15) is 0 Å². The molecular formula is C19H26N4O3S. The second-order valence-corrected chi connectivity index (χ2v) is 7.65. The normalized spacial score (nSPS) is 17.1. The van der Waals surface area contributed by atoms with Crippen molar-refractivity contribution >= 4 is 33.5 Å². The highest BCUT2D eigenvalue weighted by Crippen LogP contribution is 2.29. The Morgan fingerprint density at radius 1 is 1.44 bits per heavy atom. The number of thiophene rings is 1. The quantitative estimate of drug-likeness (QED) is 0.538. The van der Waals surface area contributed by atoms with Gasteiger partial charge in [0.1, 0.15) is 6.10 Å². The summed E-state index contributed by atoms with van der Waals surface area (Å²) in [6.45, 7) is 3.67. The van der Waals surface area contributed by atoms with Gasteiger partial charge in [0.05, 0.1) is 13.2 Å². The van der Waals surface area contributed by atoms with Gasteiger partial charge in [-0.3, -0.25) is 4.99 Å². The molecule has 146 valence electrons. The topological polar surface area (TPSA) is 100 Å². The van der Waals surface area contributed by atoms with Crippen LogP contribution in [0.15, 0.2) is 35.3 Å². The zero-order valence-corrected chi connectivity index (χ0v) is 16.2. The number of fused-ring (bicyclic) bond motifs is 1. The molecule has 2 heterocycles. The molecule has 3 rings (SSSR count). The van der Waals surface area contributed by atoms with E-state index < -0.39 is 6.10 Å². The Morgan fingerprint density at radius 3 is 2.89 bits per heavy atom. The van der Waals surface area contributed by atoms with E-state index in [0.717, 1.165) is 27.8 Å². The molecule has 0 spiro atoms. The van der Waals surface area contributed by atoms with Gasteiger partial charge in [0, 0.05) is 28.7 Å². The van der Waals surface area contributed by atoms with E-state index in [1.54, 1.807) is 23.2 Å². The lowest BCUT2D eigenvalue weighted by Gasteiger charge is -2.31. The molecule has 1 fully saturated rings. The monoisotopic (exact) mass is 390 g/mol. The van der Waals surface area contributed by atoms with Crippen molar-refractivity contribution in [1.29, 1.82) is 0 Å². The summed E-state index contributed by atoms with van der Waals surface area (Å²) in [7, 11) is 0. The van der Waals surface area contributed by atoms with E-state index in [2.05, 4.69) is 10.3 Å². The van der Waals surface area contributed by atoms with Gasteiger partial charge in [-0.1, -0.05) is 18.2 Å². The van der Waals surface area contributed by atoms with E-state index in [0.29, 0.717) is 25.7 Å². The standard InChI is InChI=1S/C19H26N4O3S/c1-2-26-19(25)23-9-7-14(8-10-23)22-18(20)21-12-15(24)17-11-13-5-3-4-6-16(13)27-17/h3-6,11,14-15,24H,2,7-10,12H2,1H3,(H3,20,21,22). The Labute approximate surface area is 162 Å². The average molecular weight is 391 g/mol. The lowest BCUT2D eigenvalue weighted by atomic mass is 10.1. The average Bonchev–Trinajstić information content (AvgIpc) is 3.11. The number of hydrogen-bond acceptors (Lipinski definition) is 5. The SMILES string of the molecule is CCOC(=O)N1CCC(NC(N)=NCC(O)c2cc3ccccc3s2)CC1. The second-order valence-electron chi connectivity index (χ2n) is 6.53. The molecule has 8 heteroatoms. The number of piperidine rings is 1. The van der Waals surface area contributed by atoms with Crippen molar-refractivity contribution in [2.75, 3.05) is 26.2 Å². The third-order valence-corrected chi connectivity index (χ3v) is 5.80. The highest BCUT2D eigenvalue weighted by molar-refractivity contribution is 7.19. The minimum absolute atomic E-state index is 0.167. The van der Waals surface area contributed by atoms with Crippen LogP contribution in [0.1, 0.15) is 30.7 Å². The fourth-order valence-corrected chi connectivity index (χ4v) is 4.16. The summed E-state index contributed by atoms with van der Waals surface area (Å²) in [5.41, 5.74) is 5.97. The van der Waals surface area contributed by atoms with Crippen molar-refractivity contribution in [3.8, 4) is 0 Å². The minimum Gasteiger partial charge on any atom is -0.450 e. The lowest BCUT2D eigenvalue weighted by Crippen LogP contribution is -2.48. The third kappa shape index (κ3) is 5.11. The van der Waals surface area contributed by atoms with Crippen LogP contribution < -0.4 is 11.1 Å². The van der Waals surface area contributed by atoms with E-state index >= 15 is 0 Å². The molecule has 4 N–H and O–H groups in total. The predicted molar refractivity (Wildman–Crippen MR) is 108 cm³/mol. The Hall–Kier alpha value is -2.32. The number of aliphatic hydroxyl groups excluding tert-OH is 1. The molecule has 1 aromatic heterocycles. The van der Waals surface area contributed by atoms with E-state index in [1.807, 2.05) is 30.3 Å². The van der Waals surface area contributed by atoms with Gasteiger partial charge in [0.15, 0.2) is 5.96 Å². The molecule has 1 aliphatic heterocycles. The molecule has 7 nitrogen and oxygen atoms in total. The van der Waals surface area contributed by atoms with Crippen LogP contribution in [0.5, 0.6) is 0 Å². The van der Waals surface area contributed by atoms with E-state index in [4.69, 9.17) is 10.5 Å². The number of amides is 1. The Balaban J connectivity index is 1.47. The van der Waals surface area contributed by atoms with Gasteiger partial charge in [-0.15, -0.1) is 11.3 Å². The fourth-order valence-electron chi connectivity index (χ4n) is 3.12. The molecule has 0 radical (unpaired) electrons. The van der Waals surface area contributed by atoms with Crippen molar-refractivity contribution in [3.05, 3.63) is 35.2 Å². The number of hydrogen-bond donors (Lipinski definition) is 3. The number of rotatable bonds is 5. The highest BCUT2D eigenvalue weighted by Gasteiger charge is 2.23. The number of aliphatic hydroxyl groups is 1. The smallest absolute Gasteiger partial charge is 0.409 e. The van der Waals surface area contributed by atoms with Crippen LogP contribution in [0, 0.1) is 0 Å². The number of carbonyl (C=O) groups excluding carboxylic acids is 1. The van der Waals surface area contributed by atoms with Gasteiger partial charge < -0.3 is 25.8 Å². The largest absolute Gasteiger partial charge is 0.450 e. The van der Waals surface area contributed by atoms with Crippen molar-refractivity contribution in [2.24, 2.45) is 10.7 Å². The molecule has 0 bridgehead atoms. The first-order valence-electron chi connectivity index (χ1n) is 9.21. The molecule has 0 aliphatic carbocycles. The van der Waals surface area contributed by atoms with E-state index in [1.165, 1.54) is 0 Å². The maximum atomic E-state index is 11.7. The molecular weight excluding hydrogens is 364 g/mol. The number of guanidine groups is 1. The van der Waals surface area contributed by atoms with Crippen LogP contribution in [-0.4, -0.2) is 54.3 Å². The van der Waals surface area contributed by atoms with Crippen molar-refractivity contribution in [1.82, 2.24) is 10.2 Å². The van der Waals surface area contributed by atoms with Crippen molar-refractivity contribution < 1.29 is 14.6 Å². The Morgan fingerprint density at radius 2 is 2.19 bits per heavy atom. The number of carbonyl (C=O) groups is 1. The molecule has 0 saturated carbocycles. The van der Waals surface area contributed by atoms with Crippen LogP contribution in [0.3, 0.4) is 0 Å². The summed E-state index contributed by atoms with van der Waals surface area (Å²) in [4.78, 5) is 18.6. The minimum atomic E-state index is -0.673. The lowest BCUT2D eigenvalue weighted by molar-refractivity contribution is 0.0963. The first-order valence-corrected chi connectivity index (χ1v) is 10.0. The van der Waals surface area contributed by atoms with Crippen LogP contribution in [0.4, 0.5) is 4.79 Å².